The molecule has 0 atom stereocenters. The summed E-state index contributed by atoms with van der Waals surface area (Å²) in [6, 6.07) is 0. The zero-order valence-electron chi connectivity index (χ0n) is 10.8. The van der Waals surface area contributed by atoms with Crippen LogP contribution in [0.3, 0.4) is 0 Å². The Morgan fingerprint density at radius 3 is 1.27 bits per heavy atom. The SMILES string of the molecule is C=C(OC(=C)C(CC)CC)C(CC)CC. The van der Waals surface area contributed by atoms with Crippen LogP contribution in [0.2, 0.25) is 0 Å². The third kappa shape index (κ3) is 4.55. The minimum Gasteiger partial charge on any atom is -0.467 e. The standard InChI is InChI=1S/C14H26O/c1-7-13(8-2)11(5)15-12(6)14(9-3)10-4/h13-14H,5-10H2,1-4H3. The zero-order valence-corrected chi connectivity index (χ0v) is 10.8. The van der Waals surface area contributed by atoms with Gasteiger partial charge in [0.1, 0.15) is 0 Å². The highest BCUT2D eigenvalue weighted by Gasteiger charge is 2.14. The first-order valence-corrected chi connectivity index (χ1v) is 6.15. The van der Waals surface area contributed by atoms with Crippen LogP contribution in [0.4, 0.5) is 0 Å². The summed E-state index contributed by atoms with van der Waals surface area (Å²) in [5, 5.41) is 0. The van der Waals surface area contributed by atoms with Crippen LogP contribution in [0.25, 0.3) is 0 Å². The van der Waals surface area contributed by atoms with E-state index in [2.05, 4.69) is 40.9 Å². The molecule has 0 fully saturated rings. The molecule has 0 aliphatic carbocycles. The third-order valence-corrected chi connectivity index (χ3v) is 3.14. The van der Waals surface area contributed by atoms with E-state index in [9.17, 15) is 0 Å². The Kier molecular flexibility index (Phi) is 7.19. The van der Waals surface area contributed by atoms with E-state index in [1.807, 2.05) is 0 Å². The van der Waals surface area contributed by atoms with E-state index in [0.717, 1.165) is 37.2 Å². The molecule has 1 heteroatoms. The number of ether oxygens (including phenoxy) is 1. The summed E-state index contributed by atoms with van der Waals surface area (Å²) in [4.78, 5) is 0. The topological polar surface area (TPSA) is 9.23 Å². The van der Waals surface area contributed by atoms with Crippen molar-refractivity contribution in [1.29, 1.82) is 0 Å². The molecule has 0 aliphatic heterocycles. The van der Waals surface area contributed by atoms with Crippen molar-refractivity contribution in [1.82, 2.24) is 0 Å². The number of allylic oxidation sites excluding steroid dienone is 2. The molecule has 0 saturated heterocycles. The lowest BCUT2D eigenvalue weighted by molar-refractivity contribution is 0.210. The van der Waals surface area contributed by atoms with E-state index >= 15 is 0 Å². The Hall–Kier alpha value is -0.720. The molecule has 0 rings (SSSR count). The van der Waals surface area contributed by atoms with Gasteiger partial charge in [0.15, 0.2) is 0 Å². The van der Waals surface area contributed by atoms with Crippen molar-refractivity contribution >= 4 is 0 Å². The summed E-state index contributed by atoms with van der Waals surface area (Å²) in [6.45, 7) is 16.7. The maximum absolute atomic E-state index is 5.75. The van der Waals surface area contributed by atoms with Crippen molar-refractivity contribution < 1.29 is 4.74 Å². The minimum atomic E-state index is 0.469. The lowest BCUT2D eigenvalue weighted by Gasteiger charge is -2.22. The van der Waals surface area contributed by atoms with E-state index in [1.54, 1.807) is 0 Å². The van der Waals surface area contributed by atoms with Crippen molar-refractivity contribution in [3.8, 4) is 0 Å². The lowest BCUT2D eigenvalue weighted by Crippen LogP contribution is -2.09. The number of hydrogen-bond acceptors (Lipinski definition) is 1. The second kappa shape index (κ2) is 7.56. The highest BCUT2D eigenvalue weighted by atomic mass is 16.5. The molecular weight excluding hydrogens is 184 g/mol. The normalized spacial score (nSPS) is 10.8. The first-order chi connectivity index (χ1) is 7.10. The Balaban J connectivity index is 4.21. The highest BCUT2D eigenvalue weighted by molar-refractivity contribution is 5.00. The second-order valence-electron chi connectivity index (χ2n) is 4.06. The van der Waals surface area contributed by atoms with Gasteiger partial charge in [-0.15, -0.1) is 0 Å². The van der Waals surface area contributed by atoms with Gasteiger partial charge in [-0.1, -0.05) is 40.9 Å². The molecule has 88 valence electrons. The summed E-state index contributed by atoms with van der Waals surface area (Å²) < 4.78 is 5.75. The summed E-state index contributed by atoms with van der Waals surface area (Å²) in [7, 11) is 0. The van der Waals surface area contributed by atoms with Crippen molar-refractivity contribution in [2.24, 2.45) is 11.8 Å². The first kappa shape index (κ1) is 14.3. The molecule has 0 aliphatic rings. The molecule has 15 heavy (non-hydrogen) atoms. The fourth-order valence-corrected chi connectivity index (χ4v) is 1.82. The van der Waals surface area contributed by atoms with Crippen LogP contribution in [0.5, 0.6) is 0 Å². The average molecular weight is 210 g/mol. The predicted molar refractivity (Wildman–Crippen MR) is 67.5 cm³/mol. The van der Waals surface area contributed by atoms with Crippen molar-refractivity contribution in [3.63, 3.8) is 0 Å². The van der Waals surface area contributed by atoms with Gasteiger partial charge in [0.05, 0.1) is 11.5 Å². The van der Waals surface area contributed by atoms with Gasteiger partial charge in [0, 0.05) is 11.8 Å². The van der Waals surface area contributed by atoms with Crippen molar-refractivity contribution in [2.45, 2.75) is 53.4 Å². The van der Waals surface area contributed by atoms with Gasteiger partial charge in [-0.3, -0.25) is 0 Å². The van der Waals surface area contributed by atoms with Crippen LogP contribution < -0.4 is 0 Å². The summed E-state index contributed by atoms with van der Waals surface area (Å²) in [5.41, 5.74) is 0. The van der Waals surface area contributed by atoms with Crippen LogP contribution in [0.1, 0.15) is 53.4 Å². The van der Waals surface area contributed by atoms with Gasteiger partial charge in [0.25, 0.3) is 0 Å². The van der Waals surface area contributed by atoms with E-state index < -0.39 is 0 Å². The van der Waals surface area contributed by atoms with E-state index in [4.69, 9.17) is 4.74 Å². The molecule has 0 heterocycles. The Bertz CT molecular complexity index is 175. The van der Waals surface area contributed by atoms with Crippen LogP contribution in [0.15, 0.2) is 24.7 Å². The first-order valence-electron chi connectivity index (χ1n) is 6.15. The fraction of sp³-hybridized carbons (Fsp3) is 0.714. The molecule has 0 radical (unpaired) electrons. The largest absolute Gasteiger partial charge is 0.467 e. The van der Waals surface area contributed by atoms with Crippen LogP contribution >= 0.6 is 0 Å². The van der Waals surface area contributed by atoms with Crippen molar-refractivity contribution in [3.05, 3.63) is 24.7 Å². The quantitative estimate of drug-likeness (QED) is 0.518. The maximum atomic E-state index is 5.75. The molecule has 0 bridgehead atoms. The zero-order chi connectivity index (χ0) is 11.8. The van der Waals surface area contributed by atoms with E-state index in [1.165, 1.54) is 0 Å². The fourth-order valence-electron chi connectivity index (χ4n) is 1.82. The lowest BCUT2D eigenvalue weighted by atomic mass is 10.00. The van der Waals surface area contributed by atoms with Gasteiger partial charge in [-0.2, -0.15) is 0 Å². The smallest absolute Gasteiger partial charge is 0.0994 e. The Morgan fingerprint density at radius 1 is 0.800 bits per heavy atom. The van der Waals surface area contributed by atoms with Crippen molar-refractivity contribution in [2.75, 3.05) is 0 Å². The number of rotatable bonds is 8. The number of hydrogen-bond donors (Lipinski definition) is 0. The monoisotopic (exact) mass is 210 g/mol. The van der Waals surface area contributed by atoms with Crippen LogP contribution in [0, 0.1) is 11.8 Å². The molecular formula is C14H26O. The summed E-state index contributed by atoms with van der Waals surface area (Å²) in [5.74, 6) is 2.71. The van der Waals surface area contributed by atoms with Crippen LogP contribution in [-0.2, 0) is 4.74 Å². The molecule has 0 aromatic carbocycles. The van der Waals surface area contributed by atoms with E-state index in [0.29, 0.717) is 11.8 Å². The third-order valence-electron chi connectivity index (χ3n) is 3.14. The Morgan fingerprint density at radius 2 is 1.07 bits per heavy atom. The van der Waals surface area contributed by atoms with E-state index in [-0.39, 0.29) is 0 Å². The maximum Gasteiger partial charge on any atom is 0.0994 e. The average Bonchev–Trinajstić information content (AvgIpc) is 2.21. The van der Waals surface area contributed by atoms with Gasteiger partial charge >= 0.3 is 0 Å². The predicted octanol–water partition coefficient (Wildman–Crippen LogP) is 4.90. The van der Waals surface area contributed by atoms with Crippen LogP contribution in [-0.4, -0.2) is 0 Å². The van der Waals surface area contributed by atoms with Gasteiger partial charge in [0.2, 0.25) is 0 Å². The molecule has 1 nitrogen and oxygen atoms in total. The molecule has 0 N–H and O–H groups in total. The second-order valence-corrected chi connectivity index (χ2v) is 4.06. The molecule has 0 spiro atoms. The molecule has 0 saturated carbocycles. The highest BCUT2D eigenvalue weighted by Crippen LogP contribution is 2.25. The summed E-state index contributed by atoms with van der Waals surface area (Å²) >= 11 is 0. The molecule has 0 aromatic rings. The van der Waals surface area contributed by atoms with Gasteiger partial charge in [-0.05, 0) is 25.7 Å². The summed E-state index contributed by atoms with van der Waals surface area (Å²) in [6.07, 6.45) is 4.36. The molecule has 0 amide bonds. The minimum absolute atomic E-state index is 0.469. The molecule has 0 aromatic heterocycles. The van der Waals surface area contributed by atoms with Gasteiger partial charge in [-0.25, -0.2) is 0 Å². The molecule has 0 unspecified atom stereocenters. The Labute approximate surface area is 95.2 Å². The van der Waals surface area contributed by atoms with Gasteiger partial charge < -0.3 is 4.74 Å².